The van der Waals surface area contributed by atoms with Gasteiger partial charge in [-0.2, -0.15) is 4.98 Å². The zero-order chi connectivity index (χ0) is 19.5. The van der Waals surface area contributed by atoms with Gasteiger partial charge in [0.25, 0.3) is 0 Å². The quantitative estimate of drug-likeness (QED) is 0.632. The van der Waals surface area contributed by atoms with Crippen LogP contribution in [0.15, 0.2) is 22.8 Å². The van der Waals surface area contributed by atoms with Crippen LogP contribution in [0.3, 0.4) is 0 Å². The molecule has 0 aliphatic rings. The lowest BCUT2D eigenvalue weighted by molar-refractivity contribution is 0.0636. The molecule has 7 nitrogen and oxygen atoms in total. The number of aromatic nitrogens is 2. The highest BCUT2D eigenvalue weighted by Gasteiger charge is 2.19. The third kappa shape index (κ3) is 5.43. The summed E-state index contributed by atoms with van der Waals surface area (Å²) in [7, 11) is 1.32. The number of nitrogens with zero attached hydrogens (tertiary/aromatic N) is 2. The predicted molar refractivity (Wildman–Crippen MR) is 101 cm³/mol. The highest BCUT2D eigenvalue weighted by molar-refractivity contribution is 9.10. The van der Waals surface area contributed by atoms with Gasteiger partial charge in [-0.05, 0) is 48.3 Å². The Morgan fingerprint density at radius 2 is 2.00 bits per heavy atom. The van der Waals surface area contributed by atoms with Crippen LogP contribution in [-0.2, 0) is 4.74 Å². The molecule has 1 aromatic heterocycles. The Morgan fingerprint density at radius 1 is 1.31 bits per heavy atom. The summed E-state index contributed by atoms with van der Waals surface area (Å²) in [5, 5.41) is 5.46. The van der Waals surface area contributed by atoms with Gasteiger partial charge in [-0.15, -0.1) is 0 Å². The molecule has 0 unspecified atom stereocenters. The topological polar surface area (TPSA) is 85.4 Å². The number of ether oxygens (including phenoxy) is 2. The average molecular weight is 448 g/mol. The molecule has 1 aromatic carbocycles. The zero-order valence-electron chi connectivity index (χ0n) is 14.5. The molecule has 0 bridgehead atoms. The van der Waals surface area contributed by atoms with Crippen LogP contribution >= 0.6 is 27.5 Å². The van der Waals surface area contributed by atoms with Crippen molar-refractivity contribution >= 4 is 50.8 Å². The molecule has 0 atom stereocenters. The molecule has 26 heavy (non-hydrogen) atoms. The first kappa shape index (κ1) is 20.2. The van der Waals surface area contributed by atoms with E-state index in [0.29, 0.717) is 10.3 Å². The number of methoxy groups -OCH3 is 1. The highest BCUT2D eigenvalue weighted by atomic mass is 79.9. The number of amides is 1. The minimum Gasteiger partial charge on any atom is -0.494 e. The van der Waals surface area contributed by atoms with Crippen LogP contribution < -0.4 is 15.4 Å². The lowest BCUT2D eigenvalue weighted by Crippen LogP contribution is -2.27. The fraction of sp³-hybridized carbons (Fsp3) is 0.312. The molecule has 2 rings (SSSR count). The minimum atomic E-state index is -0.700. The maximum Gasteiger partial charge on any atom is 0.412 e. The summed E-state index contributed by atoms with van der Waals surface area (Å²) in [4.78, 5) is 19.9. The van der Waals surface area contributed by atoms with Gasteiger partial charge in [0.2, 0.25) is 5.28 Å². The van der Waals surface area contributed by atoms with Crippen molar-refractivity contribution in [2.45, 2.75) is 26.4 Å². The van der Waals surface area contributed by atoms with Crippen molar-refractivity contribution in [3.63, 3.8) is 0 Å². The van der Waals surface area contributed by atoms with E-state index < -0.39 is 17.5 Å². The molecule has 0 spiro atoms. The molecule has 0 aliphatic carbocycles. The molecule has 1 heterocycles. The number of halogens is 3. The van der Waals surface area contributed by atoms with Gasteiger partial charge in [0.15, 0.2) is 11.6 Å². The Kier molecular flexibility index (Phi) is 6.25. The second-order valence-electron chi connectivity index (χ2n) is 6.12. The van der Waals surface area contributed by atoms with E-state index in [4.69, 9.17) is 21.1 Å². The molecule has 0 aliphatic heterocycles. The van der Waals surface area contributed by atoms with Gasteiger partial charge < -0.3 is 14.8 Å². The maximum atomic E-state index is 14.1. The molecular formula is C16H17BrClFN4O3. The predicted octanol–water partition coefficient (Wildman–Crippen LogP) is 5.13. The van der Waals surface area contributed by atoms with Gasteiger partial charge in [0, 0.05) is 18.3 Å². The summed E-state index contributed by atoms with van der Waals surface area (Å²) in [6.45, 7) is 5.20. The molecule has 2 aromatic rings. The van der Waals surface area contributed by atoms with Gasteiger partial charge in [-0.1, -0.05) is 0 Å². The van der Waals surface area contributed by atoms with Gasteiger partial charge in [0.1, 0.15) is 11.4 Å². The Morgan fingerprint density at radius 3 is 2.62 bits per heavy atom. The highest BCUT2D eigenvalue weighted by Crippen LogP contribution is 2.34. The number of rotatable bonds is 4. The summed E-state index contributed by atoms with van der Waals surface area (Å²) in [6.07, 6.45) is 0.743. The van der Waals surface area contributed by atoms with Gasteiger partial charge in [-0.3, -0.25) is 5.32 Å². The van der Waals surface area contributed by atoms with Crippen LogP contribution in [0.25, 0.3) is 0 Å². The summed E-state index contributed by atoms with van der Waals surface area (Å²) in [6, 6.07) is 2.49. The van der Waals surface area contributed by atoms with Gasteiger partial charge >= 0.3 is 6.09 Å². The summed E-state index contributed by atoms with van der Waals surface area (Å²) in [5.74, 6) is -0.371. The minimum absolute atomic E-state index is 0.00587. The lowest BCUT2D eigenvalue weighted by Gasteiger charge is -2.21. The number of nitrogens with one attached hydrogen (secondary N) is 2. The molecule has 0 radical (unpaired) electrons. The van der Waals surface area contributed by atoms with Crippen molar-refractivity contribution in [2.24, 2.45) is 0 Å². The van der Waals surface area contributed by atoms with Crippen LogP contribution in [0.4, 0.5) is 26.4 Å². The van der Waals surface area contributed by atoms with Crippen LogP contribution in [0.1, 0.15) is 20.8 Å². The number of carbonyl (C=O) groups is 1. The van der Waals surface area contributed by atoms with Crippen molar-refractivity contribution in [1.29, 1.82) is 0 Å². The van der Waals surface area contributed by atoms with E-state index in [1.54, 1.807) is 20.8 Å². The summed E-state index contributed by atoms with van der Waals surface area (Å²) in [5.41, 5.74) is -0.228. The monoisotopic (exact) mass is 446 g/mol. The van der Waals surface area contributed by atoms with E-state index in [0.717, 1.165) is 6.07 Å². The second kappa shape index (κ2) is 8.05. The van der Waals surface area contributed by atoms with Gasteiger partial charge in [-0.25, -0.2) is 14.2 Å². The van der Waals surface area contributed by atoms with E-state index in [1.165, 1.54) is 19.4 Å². The van der Waals surface area contributed by atoms with E-state index >= 15 is 0 Å². The molecule has 0 saturated heterocycles. The van der Waals surface area contributed by atoms with Crippen molar-refractivity contribution in [3.8, 4) is 5.75 Å². The average Bonchev–Trinajstić information content (AvgIpc) is 2.51. The van der Waals surface area contributed by atoms with Crippen molar-refractivity contribution < 1.29 is 18.7 Å². The van der Waals surface area contributed by atoms with Crippen LogP contribution in [-0.4, -0.2) is 28.8 Å². The van der Waals surface area contributed by atoms with Gasteiger partial charge in [0.05, 0.1) is 23.0 Å². The number of carbonyl (C=O) groups excluding carboxylic acids is 1. The fourth-order valence-electron chi connectivity index (χ4n) is 1.89. The maximum absolute atomic E-state index is 14.1. The van der Waals surface area contributed by atoms with E-state index in [2.05, 4.69) is 36.5 Å². The Hall–Kier alpha value is -2.13. The molecule has 1 amide bonds. The molecule has 0 fully saturated rings. The molecular weight excluding hydrogens is 431 g/mol. The Bertz CT molecular complexity index is 830. The van der Waals surface area contributed by atoms with E-state index in [1.807, 2.05) is 0 Å². The van der Waals surface area contributed by atoms with E-state index in [9.17, 15) is 9.18 Å². The van der Waals surface area contributed by atoms with Crippen LogP contribution in [0.5, 0.6) is 5.75 Å². The first-order valence-corrected chi connectivity index (χ1v) is 8.59. The van der Waals surface area contributed by atoms with Crippen LogP contribution in [0.2, 0.25) is 5.28 Å². The molecule has 140 valence electrons. The van der Waals surface area contributed by atoms with Crippen LogP contribution in [0, 0.1) is 5.82 Å². The Balaban J connectivity index is 2.39. The zero-order valence-corrected chi connectivity index (χ0v) is 16.8. The third-order valence-electron chi connectivity index (χ3n) is 2.90. The normalized spacial score (nSPS) is 11.0. The SMILES string of the molecule is COc1cc(NC(=O)OC(C)(C)C)c(Nc2nc(Cl)ncc2Br)cc1F. The fourth-order valence-corrected chi connectivity index (χ4v) is 2.31. The largest absolute Gasteiger partial charge is 0.494 e. The summed E-state index contributed by atoms with van der Waals surface area (Å²) < 4.78 is 24.8. The molecule has 0 saturated carbocycles. The molecule has 10 heteroatoms. The Labute approximate surface area is 163 Å². The molecule has 2 N–H and O–H groups in total. The smallest absolute Gasteiger partial charge is 0.412 e. The van der Waals surface area contributed by atoms with Crippen molar-refractivity contribution in [3.05, 3.63) is 33.9 Å². The number of anilines is 3. The van der Waals surface area contributed by atoms with Crippen molar-refractivity contribution in [2.75, 3.05) is 17.7 Å². The first-order chi connectivity index (χ1) is 12.1. The number of hydrogen-bond donors (Lipinski definition) is 2. The number of benzene rings is 1. The number of hydrogen-bond acceptors (Lipinski definition) is 6. The third-order valence-corrected chi connectivity index (χ3v) is 3.66. The van der Waals surface area contributed by atoms with E-state index in [-0.39, 0.29) is 22.4 Å². The summed E-state index contributed by atoms with van der Waals surface area (Å²) >= 11 is 9.07. The second-order valence-corrected chi connectivity index (χ2v) is 7.31. The lowest BCUT2D eigenvalue weighted by atomic mass is 10.2. The van der Waals surface area contributed by atoms with Crippen molar-refractivity contribution in [1.82, 2.24) is 9.97 Å². The first-order valence-electron chi connectivity index (χ1n) is 7.41. The standard InChI is InChI=1S/C16H17BrClFN4O3/c1-16(2,3)26-15(24)22-11-6-12(25-4)9(19)5-10(11)21-13-8(17)7-20-14(18)23-13/h5-7H,1-4H3,(H,22,24)(H,20,21,23).